The first-order chi connectivity index (χ1) is 10.6. The number of carbonyl (C=O) groups is 2. The van der Waals surface area contributed by atoms with Gasteiger partial charge < -0.3 is 19.7 Å². The molecule has 0 saturated carbocycles. The summed E-state index contributed by atoms with van der Waals surface area (Å²) in [6.07, 6.45) is 3.42. The van der Waals surface area contributed by atoms with Gasteiger partial charge in [0.05, 0.1) is 20.8 Å². The standard InChI is InChI=1S/C16H22N2O4/c1-21-13-8-12(9-14(10-13)22-2)17-15(19)11-18-7-5-3-4-6-16(18)20/h8-10H,3-7,11H2,1-2H3,(H,17,19). The Balaban J connectivity index is 2.00. The molecule has 6 nitrogen and oxygen atoms in total. The monoisotopic (exact) mass is 306 g/mol. The van der Waals surface area contributed by atoms with Crippen LogP contribution >= 0.6 is 0 Å². The molecular formula is C16H22N2O4. The molecule has 1 aliphatic heterocycles. The van der Waals surface area contributed by atoms with Crippen molar-refractivity contribution in [1.82, 2.24) is 4.90 Å². The van der Waals surface area contributed by atoms with Crippen LogP contribution in [0.1, 0.15) is 25.7 Å². The van der Waals surface area contributed by atoms with E-state index in [9.17, 15) is 9.59 Å². The maximum Gasteiger partial charge on any atom is 0.244 e. The number of hydrogen-bond donors (Lipinski definition) is 1. The van der Waals surface area contributed by atoms with E-state index >= 15 is 0 Å². The predicted octanol–water partition coefficient (Wildman–Crippen LogP) is 2.04. The highest BCUT2D eigenvalue weighted by Gasteiger charge is 2.19. The average molecular weight is 306 g/mol. The molecule has 1 aliphatic rings. The molecule has 0 aromatic heterocycles. The minimum Gasteiger partial charge on any atom is -0.497 e. The lowest BCUT2D eigenvalue weighted by atomic mass is 10.2. The molecule has 0 bridgehead atoms. The van der Waals surface area contributed by atoms with E-state index in [2.05, 4.69) is 5.32 Å². The van der Waals surface area contributed by atoms with E-state index in [1.165, 1.54) is 0 Å². The van der Waals surface area contributed by atoms with E-state index in [4.69, 9.17) is 9.47 Å². The number of rotatable bonds is 5. The second kappa shape index (κ2) is 7.68. The minimum atomic E-state index is -0.217. The summed E-state index contributed by atoms with van der Waals surface area (Å²) in [5.41, 5.74) is 0.587. The molecule has 1 heterocycles. The zero-order valence-electron chi connectivity index (χ0n) is 13.1. The second-order valence-electron chi connectivity index (χ2n) is 5.28. The lowest BCUT2D eigenvalue weighted by Crippen LogP contribution is -2.37. The van der Waals surface area contributed by atoms with E-state index in [1.807, 2.05) is 0 Å². The average Bonchev–Trinajstić information content (AvgIpc) is 2.71. The molecule has 1 fully saturated rings. The number of methoxy groups -OCH3 is 2. The highest BCUT2D eigenvalue weighted by Crippen LogP contribution is 2.25. The molecule has 22 heavy (non-hydrogen) atoms. The molecule has 1 aromatic rings. The van der Waals surface area contributed by atoms with E-state index in [0.717, 1.165) is 19.3 Å². The fourth-order valence-corrected chi connectivity index (χ4v) is 2.46. The molecule has 0 radical (unpaired) electrons. The first-order valence-corrected chi connectivity index (χ1v) is 7.43. The molecule has 0 unspecified atom stereocenters. The van der Waals surface area contributed by atoms with Crippen LogP contribution in [-0.4, -0.2) is 44.0 Å². The summed E-state index contributed by atoms with van der Waals surface area (Å²) in [5, 5.41) is 2.79. The van der Waals surface area contributed by atoms with Crippen molar-refractivity contribution in [3.63, 3.8) is 0 Å². The van der Waals surface area contributed by atoms with Gasteiger partial charge in [-0.2, -0.15) is 0 Å². The van der Waals surface area contributed by atoms with Crippen LogP contribution < -0.4 is 14.8 Å². The van der Waals surface area contributed by atoms with Gasteiger partial charge in [0.1, 0.15) is 11.5 Å². The number of nitrogens with one attached hydrogen (secondary N) is 1. The second-order valence-corrected chi connectivity index (χ2v) is 5.28. The predicted molar refractivity (Wildman–Crippen MR) is 83.2 cm³/mol. The Bertz CT molecular complexity index is 523. The van der Waals surface area contributed by atoms with Gasteiger partial charge in [-0.3, -0.25) is 9.59 Å². The van der Waals surface area contributed by atoms with Crippen molar-refractivity contribution >= 4 is 17.5 Å². The van der Waals surface area contributed by atoms with Crippen LogP contribution in [0.25, 0.3) is 0 Å². The zero-order valence-corrected chi connectivity index (χ0v) is 13.1. The smallest absolute Gasteiger partial charge is 0.244 e. The number of nitrogens with zero attached hydrogens (tertiary/aromatic N) is 1. The quantitative estimate of drug-likeness (QED) is 0.904. The van der Waals surface area contributed by atoms with Crippen molar-refractivity contribution < 1.29 is 19.1 Å². The molecule has 0 spiro atoms. The number of hydrogen-bond acceptors (Lipinski definition) is 4. The summed E-state index contributed by atoms with van der Waals surface area (Å²) in [6, 6.07) is 5.16. The summed E-state index contributed by atoms with van der Waals surface area (Å²) >= 11 is 0. The molecule has 120 valence electrons. The molecule has 6 heteroatoms. The van der Waals surface area contributed by atoms with E-state index in [1.54, 1.807) is 37.3 Å². The Morgan fingerprint density at radius 1 is 1.14 bits per heavy atom. The van der Waals surface area contributed by atoms with Gasteiger partial charge >= 0.3 is 0 Å². The van der Waals surface area contributed by atoms with E-state index in [0.29, 0.717) is 30.2 Å². The highest BCUT2D eigenvalue weighted by atomic mass is 16.5. The maximum atomic E-state index is 12.2. The van der Waals surface area contributed by atoms with Crippen LogP contribution in [0.2, 0.25) is 0 Å². The number of amides is 2. The Kier molecular flexibility index (Phi) is 5.63. The van der Waals surface area contributed by atoms with Crippen molar-refractivity contribution in [3.05, 3.63) is 18.2 Å². The maximum absolute atomic E-state index is 12.2. The molecular weight excluding hydrogens is 284 g/mol. The van der Waals surface area contributed by atoms with Crippen LogP contribution in [0, 0.1) is 0 Å². The fourth-order valence-electron chi connectivity index (χ4n) is 2.46. The van der Waals surface area contributed by atoms with Gasteiger partial charge in [0.15, 0.2) is 0 Å². The van der Waals surface area contributed by atoms with Crippen molar-refractivity contribution in [1.29, 1.82) is 0 Å². The highest BCUT2D eigenvalue weighted by molar-refractivity contribution is 5.94. The molecule has 1 saturated heterocycles. The van der Waals surface area contributed by atoms with Gasteiger partial charge in [-0.15, -0.1) is 0 Å². The van der Waals surface area contributed by atoms with Crippen LogP contribution in [0.3, 0.4) is 0 Å². The topological polar surface area (TPSA) is 67.9 Å². The summed E-state index contributed by atoms with van der Waals surface area (Å²) in [5.74, 6) is 1.03. The Hall–Kier alpha value is -2.24. The van der Waals surface area contributed by atoms with Crippen LogP contribution in [0.4, 0.5) is 5.69 Å². The molecule has 0 atom stereocenters. The van der Waals surface area contributed by atoms with Gasteiger partial charge in [0.25, 0.3) is 0 Å². The fraction of sp³-hybridized carbons (Fsp3) is 0.500. The van der Waals surface area contributed by atoms with E-state index < -0.39 is 0 Å². The summed E-state index contributed by atoms with van der Waals surface area (Å²) < 4.78 is 10.3. The van der Waals surface area contributed by atoms with Gasteiger partial charge in [0.2, 0.25) is 11.8 Å². The van der Waals surface area contributed by atoms with Gasteiger partial charge in [0, 0.05) is 36.9 Å². The summed E-state index contributed by atoms with van der Waals surface area (Å²) in [6.45, 7) is 0.728. The third-order valence-corrected chi connectivity index (χ3v) is 3.64. The van der Waals surface area contributed by atoms with Crippen LogP contribution in [-0.2, 0) is 9.59 Å². The molecule has 2 amide bonds. The largest absolute Gasteiger partial charge is 0.497 e. The molecule has 2 rings (SSSR count). The normalized spacial score (nSPS) is 15.2. The Morgan fingerprint density at radius 2 is 1.82 bits per heavy atom. The first kappa shape index (κ1) is 16.1. The minimum absolute atomic E-state index is 0.0517. The lowest BCUT2D eigenvalue weighted by molar-refractivity contribution is -0.134. The number of anilines is 1. The van der Waals surface area contributed by atoms with Crippen molar-refractivity contribution in [2.75, 3.05) is 32.6 Å². The van der Waals surface area contributed by atoms with Crippen molar-refractivity contribution in [2.45, 2.75) is 25.7 Å². The van der Waals surface area contributed by atoms with Gasteiger partial charge in [-0.05, 0) is 12.8 Å². The van der Waals surface area contributed by atoms with Crippen LogP contribution in [0.15, 0.2) is 18.2 Å². The molecule has 1 N–H and O–H groups in total. The Morgan fingerprint density at radius 3 is 2.45 bits per heavy atom. The van der Waals surface area contributed by atoms with E-state index in [-0.39, 0.29) is 18.4 Å². The number of carbonyl (C=O) groups excluding carboxylic acids is 2. The molecule has 0 aliphatic carbocycles. The Labute approximate surface area is 130 Å². The molecule has 1 aromatic carbocycles. The number of benzene rings is 1. The van der Waals surface area contributed by atoms with Crippen molar-refractivity contribution in [3.8, 4) is 11.5 Å². The van der Waals surface area contributed by atoms with Crippen LogP contribution in [0.5, 0.6) is 11.5 Å². The summed E-state index contributed by atoms with van der Waals surface area (Å²) in [4.78, 5) is 25.7. The van der Waals surface area contributed by atoms with Crippen molar-refractivity contribution in [2.24, 2.45) is 0 Å². The summed E-state index contributed by atoms with van der Waals surface area (Å²) in [7, 11) is 3.10. The van der Waals surface area contributed by atoms with Gasteiger partial charge in [-0.25, -0.2) is 0 Å². The van der Waals surface area contributed by atoms with Gasteiger partial charge in [-0.1, -0.05) is 6.42 Å². The third-order valence-electron chi connectivity index (χ3n) is 3.64. The zero-order chi connectivity index (χ0) is 15.9. The lowest BCUT2D eigenvalue weighted by Gasteiger charge is -2.20. The third kappa shape index (κ3) is 4.38. The number of ether oxygens (including phenoxy) is 2. The SMILES string of the molecule is COc1cc(NC(=O)CN2CCCCCC2=O)cc(OC)c1. The number of likely N-dealkylation sites (tertiary alicyclic amines) is 1. The first-order valence-electron chi connectivity index (χ1n) is 7.43.